The van der Waals surface area contributed by atoms with Crippen LogP contribution < -0.4 is 9.46 Å². The Labute approximate surface area is 174 Å². The molecule has 0 fully saturated rings. The maximum Gasteiger partial charge on any atom is 0.247 e. The second-order valence-corrected chi connectivity index (χ2v) is 8.16. The van der Waals surface area contributed by atoms with Crippen LogP contribution in [-0.2, 0) is 27.9 Å². The Morgan fingerprint density at radius 3 is 2.23 bits per heavy atom. The monoisotopic (exact) mass is 430 g/mol. The van der Waals surface area contributed by atoms with Gasteiger partial charge in [-0.15, -0.1) is 0 Å². The Morgan fingerprint density at radius 2 is 1.73 bits per heavy atom. The van der Waals surface area contributed by atoms with E-state index >= 15 is 0 Å². The van der Waals surface area contributed by atoms with Gasteiger partial charge in [-0.2, -0.15) is 0 Å². The molecule has 0 unspecified atom stereocenters. The summed E-state index contributed by atoms with van der Waals surface area (Å²) in [6.07, 6.45) is 6.01. The van der Waals surface area contributed by atoms with Gasteiger partial charge in [-0.3, -0.25) is 4.79 Å². The van der Waals surface area contributed by atoms with Gasteiger partial charge in [0.05, 0.1) is 32.7 Å². The van der Waals surface area contributed by atoms with Crippen LogP contribution in [-0.4, -0.2) is 33.4 Å². The van der Waals surface area contributed by atoms with Crippen LogP contribution in [0.1, 0.15) is 17.1 Å². The fourth-order valence-electron chi connectivity index (χ4n) is 2.78. The van der Waals surface area contributed by atoms with Gasteiger partial charge in [0, 0.05) is 6.08 Å². The van der Waals surface area contributed by atoms with Crippen molar-refractivity contribution in [2.45, 2.75) is 18.0 Å². The van der Waals surface area contributed by atoms with Crippen LogP contribution >= 0.6 is 0 Å². The van der Waals surface area contributed by atoms with Crippen LogP contribution in [0, 0.1) is 0 Å². The third-order valence-corrected chi connectivity index (χ3v) is 5.77. The van der Waals surface area contributed by atoms with Crippen molar-refractivity contribution in [2.75, 3.05) is 14.2 Å². The molecule has 0 bridgehead atoms. The molecule has 1 aromatic carbocycles. The van der Waals surface area contributed by atoms with Crippen molar-refractivity contribution >= 4 is 22.0 Å². The van der Waals surface area contributed by atoms with Gasteiger partial charge in [-0.05, 0) is 55.1 Å². The van der Waals surface area contributed by atoms with Gasteiger partial charge in [0.15, 0.2) is 0 Å². The first kappa shape index (κ1) is 21.4. The van der Waals surface area contributed by atoms with E-state index in [1.54, 1.807) is 53.8 Å². The van der Waals surface area contributed by atoms with E-state index in [2.05, 4.69) is 4.72 Å². The highest BCUT2D eigenvalue weighted by molar-refractivity contribution is 7.89. The Kier molecular flexibility index (Phi) is 6.76. The van der Waals surface area contributed by atoms with Crippen LogP contribution in [0.4, 0.5) is 0 Å². The first-order chi connectivity index (χ1) is 14.4. The average Bonchev–Trinajstić information content (AvgIpc) is 3.45. The molecular weight excluding hydrogens is 408 g/mol. The smallest absolute Gasteiger partial charge is 0.247 e. The number of hydrogen-bond acceptors (Lipinski definition) is 6. The molecule has 0 aliphatic carbocycles. The predicted octanol–water partition coefficient (Wildman–Crippen LogP) is 3.03. The highest BCUT2D eigenvalue weighted by atomic mass is 32.2. The number of benzene rings is 1. The van der Waals surface area contributed by atoms with Gasteiger partial charge < -0.3 is 18.5 Å². The molecular formula is C21H22N2O6S. The number of hydrogen-bond donors (Lipinski definition) is 1. The standard InChI is InChI=1S/C21H22N2O6S/c1-22-30(25,26)20-13-16(7-9-19(20)27-2)8-10-21(24)23(14-17-5-3-11-28-17)15-18-6-4-12-29-18/h3-13,22H,14-15H2,1-2H3/b10-8+. The minimum Gasteiger partial charge on any atom is -0.495 e. The van der Waals surface area contributed by atoms with Crippen molar-refractivity contribution in [3.8, 4) is 5.75 Å². The van der Waals surface area contributed by atoms with E-state index in [1.165, 1.54) is 32.4 Å². The lowest BCUT2D eigenvalue weighted by molar-refractivity contribution is -0.127. The summed E-state index contributed by atoms with van der Waals surface area (Å²) in [6, 6.07) is 11.7. The summed E-state index contributed by atoms with van der Waals surface area (Å²) >= 11 is 0. The molecule has 0 aliphatic rings. The quantitative estimate of drug-likeness (QED) is 0.524. The van der Waals surface area contributed by atoms with Crippen LogP contribution in [0.5, 0.6) is 5.75 Å². The van der Waals surface area contributed by atoms with Gasteiger partial charge >= 0.3 is 0 Å². The highest BCUT2D eigenvalue weighted by Crippen LogP contribution is 2.25. The van der Waals surface area contributed by atoms with Crippen LogP contribution in [0.15, 0.2) is 74.8 Å². The summed E-state index contributed by atoms with van der Waals surface area (Å²) in [7, 11) is -1.00. The fraction of sp³-hybridized carbons (Fsp3) is 0.190. The highest BCUT2D eigenvalue weighted by Gasteiger charge is 2.18. The normalized spacial score (nSPS) is 11.7. The molecule has 30 heavy (non-hydrogen) atoms. The van der Waals surface area contributed by atoms with E-state index in [4.69, 9.17) is 13.6 Å². The molecule has 0 aliphatic heterocycles. The van der Waals surface area contributed by atoms with E-state index in [0.717, 1.165) is 0 Å². The topological polar surface area (TPSA) is 102 Å². The van der Waals surface area contributed by atoms with Crippen LogP contribution in [0.25, 0.3) is 6.08 Å². The van der Waals surface area contributed by atoms with E-state index < -0.39 is 10.0 Å². The lowest BCUT2D eigenvalue weighted by Crippen LogP contribution is -2.28. The first-order valence-corrected chi connectivity index (χ1v) is 10.5. The summed E-state index contributed by atoms with van der Waals surface area (Å²) in [5, 5.41) is 0. The maximum absolute atomic E-state index is 12.8. The molecule has 1 amide bonds. The third kappa shape index (κ3) is 5.19. The van der Waals surface area contributed by atoms with Crippen molar-refractivity contribution in [2.24, 2.45) is 0 Å². The third-order valence-electron chi connectivity index (χ3n) is 4.33. The van der Waals surface area contributed by atoms with Crippen molar-refractivity contribution in [1.29, 1.82) is 0 Å². The lowest BCUT2D eigenvalue weighted by Gasteiger charge is -2.18. The molecule has 0 spiro atoms. The van der Waals surface area contributed by atoms with E-state index in [0.29, 0.717) is 17.1 Å². The minimum absolute atomic E-state index is 0.00914. The first-order valence-electron chi connectivity index (χ1n) is 9.06. The number of ether oxygens (including phenoxy) is 1. The molecule has 158 valence electrons. The number of sulfonamides is 1. The predicted molar refractivity (Wildman–Crippen MR) is 110 cm³/mol. The summed E-state index contributed by atoms with van der Waals surface area (Å²) in [5.74, 6) is 1.20. The van der Waals surface area contributed by atoms with Crippen LogP contribution in [0.3, 0.4) is 0 Å². The largest absolute Gasteiger partial charge is 0.495 e. The van der Waals surface area contributed by atoms with Crippen molar-refractivity contribution in [3.63, 3.8) is 0 Å². The molecule has 8 nitrogen and oxygen atoms in total. The lowest BCUT2D eigenvalue weighted by atomic mass is 10.2. The number of nitrogens with zero attached hydrogens (tertiary/aromatic N) is 1. The number of amides is 1. The summed E-state index contributed by atoms with van der Waals surface area (Å²) in [5.41, 5.74) is 0.536. The fourth-order valence-corrected chi connectivity index (χ4v) is 3.71. The summed E-state index contributed by atoms with van der Waals surface area (Å²) in [6.45, 7) is 0.526. The molecule has 9 heteroatoms. The van der Waals surface area contributed by atoms with Crippen molar-refractivity contribution < 1.29 is 26.8 Å². The van der Waals surface area contributed by atoms with E-state index in [9.17, 15) is 13.2 Å². The van der Waals surface area contributed by atoms with Crippen molar-refractivity contribution in [3.05, 3.63) is 78.2 Å². The zero-order chi connectivity index (χ0) is 21.6. The molecule has 3 aromatic rings. The number of carbonyl (C=O) groups excluding carboxylic acids is 1. The molecule has 0 saturated heterocycles. The van der Waals surface area contributed by atoms with Gasteiger partial charge in [-0.1, -0.05) is 6.07 Å². The Balaban J connectivity index is 1.83. The Hall–Kier alpha value is -3.30. The van der Waals surface area contributed by atoms with Crippen molar-refractivity contribution in [1.82, 2.24) is 9.62 Å². The Morgan fingerprint density at radius 1 is 1.10 bits per heavy atom. The molecule has 2 heterocycles. The molecule has 2 aromatic heterocycles. The van der Waals surface area contributed by atoms with E-state index in [-0.39, 0.29) is 29.6 Å². The zero-order valence-electron chi connectivity index (χ0n) is 16.6. The number of nitrogens with one attached hydrogen (secondary N) is 1. The van der Waals surface area contributed by atoms with Gasteiger partial charge in [0.25, 0.3) is 0 Å². The number of rotatable bonds is 9. The molecule has 0 saturated carbocycles. The second kappa shape index (κ2) is 9.47. The maximum atomic E-state index is 12.8. The minimum atomic E-state index is -3.72. The van der Waals surface area contributed by atoms with Crippen LogP contribution in [0.2, 0.25) is 0 Å². The number of furan rings is 2. The van der Waals surface area contributed by atoms with Gasteiger partial charge in [-0.25, -0.2) is 13.1 Å². The molecule has 0 atom stereocenters. The molecule has 1 N–H and O–H groups in total. The Bertz CT molecular complexity index is 1070. The molecule has 0 radical (unpaired) electrons. The van der Waals surface area contributed by atoms with E-state index in [1.807, 2.05) is 0 Å². The average molecular weight is 430 g/mol. The number of methoxy groups -OCH3 is 1. The molecule has 3 rings (SSSR count). The zero-order valence-corrected chi connectivity index (χ0v) is 17.4. The summed E-state index contributed by atoms with van der Waals surface area (Å²) < 4.78 is 42.5. The van der Waals surface area contributed by atoms with Gasteiger partial charge in [0.1, 0.15) is 22.2 Å². The SMILES string of the molecule is CNS(=O)(=O)c1cc(/C=C/C(=O)N(Cc2ccco2)Cc2ccco2)ccc1OC. The van der Waals surface area contributed by atoms with Gasteiger partial charge in [0.2, 0.25) is 15.9 Å². The number of carbonyl (C=O) groups is 1. The summed E-state index contributed by atoms with van der Waals surface area (Å²) in [4.78, 5) is 14.4. The second-order valence-electron chi connectivity index (χ2n) is 6.30.